The Labute approximate surface area is 168 Å². The number of anilines is 1. The van der Waals surface area contributed by atoms with Gasteiger partial charge in [-0.15, -0.1) is 0 Å². The second kappa shape index (κ2) is 7.21. The number of carbonyl (C=O) groups excluding carboxylic acids is 1. The molecule has 1 aliphatic rings. The highest BCUT2D eigenvalue weighted by atomic mass is 79.9. The standard InChI is InChI=1S/C19H17BrF3N3O2/c1-25(2)15-9-5-13(6-10-15)17(27)26-18(28,19(21,22)23)11-16(24-26)12-3-7-14(20)8-4-12/h3-10,28H,11H2,1-2H3. The van der Waals surface area contributed by atoms with Crippen molar-refractivity contribution in [2.24, 2.45) is 5.10 Å². The molecule has 1 aliphatic heterocycles. The van der Waals surface area contributed by atoms with Gasteiger partial charge in [0.25, 0.3) is 11.6 Å². The maximum Gasteiger partial charge on any atom is 0.438 e. The molecule has 5 nitrogen and oxygen atoms in total. The number of carbonyl (C=O) groups is 1. The van der Waals surface area contributed by atoms with E-state index in [-0.39, 0.29) is 16.3 Å². The average Bonchev–Trinajstić information content (AvgIpc) is 3.00. The Kier molecular flexibility index (Phi) is 5.24. The number of hydrazone groups is 1. The van der Waals surface area contributed by atoms with Gasteiger partial charge in [-0.05, 0) is 42.0 Å². The topological polar surface area (TPSA) is 56.1 Å². The quantitative estimate of drug-likeness (QED) is 0.760. The molecule has 0 spiro atoms. The first-order valence-corrected chi connectivity index (χ1v) is 9.07. The van der Waals surface area contributed by atoms with Gasteiger partial charge in [0.05, 0.1) is 12.1 Å². The molecule has 1 unspecified atom stereocenters. The van der Waals surface area contributed by atoms with Crippen LogP contribution in [0.1, 0.15) is 22.3 Å². The van der Waals surface area contributed by atoms with Crippen molar-refractivity contribution < 1.29 is 23.1 Å². The fourth-order valence-corrected chi connectivity index (χ4v) is 3.07. The summed E-state index contributed by atoms with van der Waals surface area (Å²) in [5.41, 5.74) is -2.26. The van der Waals surface area contributed by atoms with Crippen molar-refractivity contribution in [3.8, 4) is 0 Å². The summed E-state index contributed by atoms with van der Waals surface area (Å²) in [5, 5.41) is 14.4. The van der Waals surface area contributed by atoms with Crippen molar-refractivity contribution in [3.05, 3.63) is 64.1 Å². The Bertz CT molecular complexity index is 912. The fraction of sp³-hybridized carbons (Fsp3) is 0.263. The van der Waals surface area contributed by atoms with E-state index < -0.39 is 24.2 Å². The zero-order valence-corrected chi connectivity index (χ0v) is 16.6. The first-order chi connectivity index (χ1) is 13.0. The molecular formula is C19H17BrF3N3O2. The van der Waals surface area contributed by atoms with Gasteiger partial charge in [0.1, 0.15) is 0 Å². The summed E-state index contributed by atoms with van der Waals surface area (Å²) in [6.45, 7) is 0. The SMILES string of the molecule is CN(C)c1ccc(C(=O)N2N=C(c3ccc(Br)cc3)CC2(O)C(F)(F)F)cc1. The highest BCUT2D eigenvalue weighted by molar-refractivity contribution is 9.10. The van der Waals surface area contributed by atoms with Gasteiger partial charge in [0.15, 0.2) is 0 Å². The first-order valence-electron chi connectivity index (χ1n) is 8.27. The molecule has 2 aromatic rings. The smallest absolute Gasteiger partial charge is 0.378 e. The lowest BCUT2D eigenvalue weighted by molar-refractivity contribution is -0.297. The molecule has 1 heterocycles. The minimum absolute atomic E-state index is 0.00548. The molecule has 0 saturated heterocycles. The molecule has 1 atom stereocenters. The molecule has 0 saturated carbocycles. The van der Waals surface area contributed by atoms with Crippen molar-refractivity contribution in [2.45, 2.75) is 18.3 Å². The third kappa shape index (κ3) is 3.64. The van der Waals surface area contributed by atoms with Crippen LogP contribution >= 0.6 is 15.9 Å². The van der Waals surface area contributed by atoms with Crippen LogP contribution < -0.4 is 4.90 Å². The number of alkyl halides is 3. The van der Waals surface area contributed by atoms with Gasteiger partial charge >= 0.3 is 6.18 Å². The zero-order valence-electron chi connectivity index (χ0n) is 15.0. The number of amides is 1. The zero-order chi connectivity index (χ0) is 20.7. The van der Waals surface area contributed by atoms with Gasteiger partial charge in [0.2, 0.25) is 0 Å². The summed E-state index contributed by atoms with van der Waals surface area (Å²) >= 11 is 3.25. The molecule has 3 rings (SSSR count). The van der Waals surface area contributed by atoms with Crippen molar-refractivity contribution in [1.82, 2.24) is 5.01 Å². The van der Waals surface area contributed by atoms with E-state index in [1.807, 2.05) is 0 Å². The number of halogens is 4. The van der Waals surface area contributed by atoms with E-state index in [0.717, 1.165) is 10.2 Å². The van der Waals surface area contributed by atoms with Gasteiger partial charge in [-0.2, -0.15) is 23.3 Å². The number of nitrogens with zero attached hydrogens (tertiary/aromatic N) is 3. The van der Waals surface area contributed by atoms with Crippen LogP contribution in [0.5, 0.6) is 0 Å². The van der Waals surface area contributed by atoms with Crippen LogP contribution in [0, 0.1) is 0 Å². The summed E-state index contributed by atoms with van der Waals surface area (Å²) in [6, 6.07) is 12.5. The Balaban J connectivity index is 2.00. The highest BCUT2D eigenvalue weighted by Gasteiger charge is 2.63. The van der Waals surface area contributed by atoms with E-state index in [4.69, 9.17) is 0 Å². The fourth-order valence-electron chi connectivity index (χ4n) is 2.81. The minimum atomic E-state index is -5.08. The second-order valence-corrected chi connectivity index (χ2v) is 7.52. The normalized spacial score (nSPS) is 19.5. The van der Waals surface area contributed by atoms with E-state index in [1.54, 1.807) is 55.4 Å². The summed E-state index contributed by atoms with van der Waals surface area (Å²) < 4.78 is 41.7. The van der Waals surface area contributed by atoms with Crippen molar-refractivity contribution >= 4 is 33.2 Å². The largest absolute Gasteiger partial charge is 0.438 e. The van der Waals surface area contributed by atoms with E-state index in [2.05, 4.69) is 21.0 Å². The van der Waals surface area contributed by atoms with E-state index in [1.165, 1.54) is 12.1 Å². The van der Waals surface area contributed by atoms with Crippen LogP contribution in [-0.4, -0.2) is 47.7 Å². The molecule has 1 N–H and O–H groups in total. The van der Waals surface area contributed by atoms with Gasteiger partial charge in [-0.3, -0.25) is 4.79 Å². The Morgan fingerprint density at radius 3 is 2.21 bits per heavy atom. The number of hydrogen-bond donors (Lipinski definition) is 1. The highest BCUT2D eigenvalue weighted by Crippen LogP contribution is 2.42. The molecule has 9 heteroatoms. The molecule has 0 aliphatic carbocycles. The number of rotatable bonds is 3. The van der Waals surface area contributed by atoms with Gasteiger partial charge < -0.3 is 10.0 Å². The predicted octanol–water partition coefficient (Wildman–Crippen LogP) is 4.02. The van der Waals surface area contributed by atoms with Gasteiger partial charge in [-0.1, -0.05) is 28.1 Å². The molecular weight excluding hydrogens is 439 g/mol. The lowest BCUT2D eigenvalue weighted by atomic mass is 10.0. The lowest BCUT2D eigenvalue weighted by Gasteiger charge is -2.32. The van der Waals surface area contributed by atoms with Crippen LogP contribution in [0.4, 0.5) is 18.9 Å². The van der Waals surface area contributed by atoms with E-state index in [0.29, 0.717) is 5.56 Å². The molecule has 0 aromatic heterocycles. The van der Waals surface area contributed by atoms with Crippen LogP contribution in [0.2, 0.25) is 0 Å². The summed E-state index contributed by atoms with van der Waals surface area (Å²) in [7, 11) is 3.60. The van der Waals surface area contributed by atoms with Crippen LogP contribution in [0.3, 0.4) is 0 Å². The maximum absolute atomic E-state index is 13.7. The van der Waals surface area contributed by atoms with Crippen LogP contribution in [0.15, 0.2) is 58.1 Å². The monoisotopic (exact) mass is 455 g/mol. The molecule has 148 valence electrons. The molecule has 2 aromatic carbocycles. The third-order valence-electron chi connectivity index (χ3n) is 4.44. The third-order valence-corrected chi connectivity index (χ3v) is 4.97. The van der Waals surface area contributed by atoms with Crippen molar-refractivity contribution in [2.75, 3.05) is 19.0 Å². The van der Waals surface area contributed by atoms with Crippen molar-refractivity contribution in [3.63, 3.8) is 0 Å². The summed E-state index contributed by atoms with van der Waals surface area (Å²) in [5.74, 6) is -1.03. The molecule has 28 heavy (non-hydrogen) atoms. The Morgan fingerprint density at radius 2 is 1.71 bits per heavy atom. The van der Waals surface area contributed by atoms with Crippen molar-refractivity contribution in [1.29, 1.82) is 0 Å². The van der Waals surface area contributed by atoms with Crippen LogP contribution in [0.25, 0.3) is 0 Å². The number of aliphatic hydroxyl groups is 1. The summed E-state index contributed by atoms with van der Waals surface area (Å²) in [6.07, 6.45) is -5.92. The second-order valence-electron chi connectivity index (χ2n) is 6.60. The molecule has 0 fully saturated rings. The van der Waals surface area contributed by atoms with E-state index >= 15 is 0 Å². The Hall–Kier alpha value is -2.39. The van der Waals surface area contributed by atoms with E-state index in [9.17, 15) is 23.1 Å². The van der Waals surface area contributed by atoms with Crippen LogP contribution in [-0.2, 0) is 0 Å². The lowest BCUT2D eigenvalue weighted by Crippen LogP contribution is -2.56. The van der Waals surface area contributed by atoms with Gasteiger partial charge in [-0.25, -0.2) is 0 Å². The Morgan fingerprint density at radius 1 is 1.14 bits per heavy atom. The molecule has 0 radical (unpaired) electrons. The van der Waals surface area contributed by atoms with Gasteiger partial charge in [0, 0.05) is 29.8 Å². The minimum Gasteiger partial charge on any atom is -0.378 e. The summed E-state index contributed by atoms with van der Waals surface area (Å²) in [4.78, 5) is 14.6. The average molecular weight is 456 g/mol. The predicted molar refractivity (Wildman–Crippen MR) is 103 cm³/mol. The number of benzene rings is 2. The molecule has 0 bridgehead atoms. The first kappa shape index (κ1) is 20.3. The molecule has 1 amide bonds. The number of hydrogen-bond acceptors (Lipinski definition) is 4. The maximum atomic E-state index is 13.7.